The molecule has 2 aliphatic heterocycles. The molecule has 4 rings (SSSR count). The summed E-state index contributed by atoms with van der Waals surface area (Å²) in [7, 11) is 0. The molecule has 7 heteroatoms. The van der Waals surface area contributed by atoms with E-state index in [0.717, 1.165) is 4.90 Å². The van der Waals surface area contributed by atoms with E-state index in [-0.39, 0.29) is 24.9 Å². The number of amides is 3. The number of carbonyl (C=O) groups excluding carboxylic acids is 3. The lowest BCUT2D eigenvalue weighted by atomic mass is 10.1. The summed E-state index contributed by atoms with van der Waals surface area (Å²) in [6.45, 7) is 7.20. The molecule has 1 atom stereocenters. The fraction of sp³-hybridized carbons (Fsp3) is 0.158. The van der Waals surface area contributed by atoms with Gasteiger partial charge in [0, 0.05) is 5.69 Å². The lowest BCUT2D eigenvalue weighted by Gasteiger charge is -2.17. The van der Waals surface area contributed by atoms with Gasteiger partial charge in [0.05, 0.1) is 30.8 Å². The minimum Gasteiger partial charge on any atom is -0.442 e. The second-order valence-electron chi connectivity index (χ2n) is 6.01. The molecule has 0 spiro atoms. The fourth-order valence-corrected chi connectivity index (χ4v) is 3.14. The molecule has 7 nitrogen and oxygen atoms in total. The maximum absolute atomic E-state index is 12.4. The van der Waals surface area contributed by atoms with Gasteiger partial charge < -0.3 is 4.74 Å². The number of cyclic esters (lactones) is 1. The first-order valence-corrected chi connectivity index (χ1v) is 7.99. The quantitative estimate of drug-likeness (QED) is 0.632. The van der Waals surface area contributed by atoms with Crippen LogP contribution in [-0.2, 0) is 4.74 Å². The highest BCUT2D eigenvalue weighted by atomic mass is 16.6. The normalized spacial score (nSPS) is 18.7. The van der Waals surface area contributed by atoms with Crippen LogP contribution in [0.5, 0.6) is 0 Å². The number of anilines is 1. The summed E-state index contributed by atoms with van der Waals surface area (Å²) in [5, 5.41) is 0. The standard InChI is InChI=1S/C19H13N3O4/c1-20-12-6-8-13(9-7-12)21-10-14(26-19(21)25)11-22-17(23)15-4-2-3-5-16(15)18(22)24/h2-9,14H,10-11H2/t14-/m1/s1. The Morgan fingerprint density at radius 2 is 1.62 bits per heavy atom. The van der Waals surface area contributed by atoms with Crippen LogP contribution in [0.1, 0.15) is 20.7 Å². The Bertz CT molecular complexity index is 926. The zero-order chi connectivity index (χ0) is 18.3. The summed E-state index contributed by atoms with van der Waals surface area (Å²) < 4.78 is 5.32. The smallest absolute Gasteiger partial charge is 0.414 e. The molecule has 2 aliphatic rings. The molecule has 0 aliphatic carbocycles. The number of hydrogen-bond acceptors (Lipinski definition) is 4. The van der Waals surface area contributed by atoms with E-state index < -0.39 is 12.2 Å². The summed E-state index contributed by atoms with van der Waals surface area (Å²) in [4.78, 5) is 42.8. The van der Waals surface area contributed by atoms with E-state index in [1.165, 1.54) is 4.90 Å². The number of nitrogens with zero attached hydrogens (tertiary/aromatic N) is 3. The Balaban J connectivity index is 1.49. The Morgan fingerprint density at radius 3 is 2.19 bits per heavy atom. The van der Waals surface area contributed by atoms with Crippen LogP contribution in [0.15, 0.2) is 48.5 Å². The largest absolute Gasteiger partial charge is 0.442 e. The summed E-state index contributed by atoms with van der Waals surface area (Å²) in [6, 6.07) is 13.2. The monoisotopic (exact) mass is 347 g/mol. The molecular formula is C19H13N3O4. The van der Waals surface area contributed by atoms with E-state index in [4.69, 9.17) is 11.3 Å². The third kappa shape index (κ3) is 2.48. The second-order valence-corrected chi connectivity index (χ2v) is 6.01. The second kappa shape index (κ2) is 6.01. The van der Waals surface area contributed by atoms with Crippen molar-refractivity contribution in [3.05, 3.63) is 71.1 Å². The van der Waals surface area contributed by atoms with Gasteiger partial charge in [-0.25, -0.2) is 9.64 Å². The van der Waals surface area contributed by atoms with Crippen LogP contribution in [-0.4, -0.2) is 42.0 Å². The first kappa shape index (κ1) is 15.8. The van der Waals surface area contributed by atoms with Crippen molar-refractivity contribution in [2.75, 3.05) is 18.0 Å². The molecule has 3 amide bonds. The summed E-state index contributed by atoms with van der Waals surface area (Å²) in [5.74, 6) is -0.747. The van der Waals surface area contributed by atoms with E-state index in [9.17, 15) is 14.4 Å². The van der Waals surface area contributed by atoms with E-state index in [1.54, 1.807) is 48.5 Å². The molecule has 0 N–H and O–H groups in total. The van der Waals surface area contributed by atoms with E-state index in [1.807, 2.05) is 0 Å². The SMILES string of the molecule is [C-]#[N+]c1ccc(N2C[C@H](CN3C(=O)c4ccccc4C3=O)OC2=O)cc1. The molecule has 0 saturated carbocycles. The summed E-state index contributed by atoms with van der Waals surface area (Å²) in [6.07, 6.45) is -1.15. The summed E-state index contributed by atoms with van der Waals surface area (Å²) in [5.41, 5.74) is 1.82. The lowest BCUT2D eigenvalue weighted by molar-refractivity contribution is 0.0558. The highest BCUT2D eigenvalue weighted by Gasteiger charge is 2.40. The number of imide groups is 1. The number of hydrogen-bond donors (Lipinski definition) is 0. The molecule has 1 saturated heterocycles. The van der Waals surface area contributed by atoms with Crippen LogP contribution < -0.4 is 4.90 Å². The van der Waals surface area contributed by atoms with Crippen molar-refractivity contribution >= 4 is 29.3 Å². The van der Waals surface area contributed by atoms with Crippen molar-refractivity contribution in [3.63, 3.8) is 0 Å². The number of fused-ring (bicyclic) bond motifs is 1. The molecule has 1 fully saturated rings. The molecular weight excluding hydrogens is 334 g/mol. The van der Waals surface area contributed by atoms with Gasteiger partial charge in [-0.2, -0.15) is 0 Å². The predicted molar refractivity (Wildman–Crippen MR) is 92.1 cm³/mol. The third-order valence-electron chi connectivity index (χ3n) is 4.43. The molecule has 26 heavy (non-hydrogen) atoms. The fourth-order valence-electron chi connectivity index (χ4n) is 3.14. The average Bonchev–Trinajstić information content (AvgIpc) is 3.15. The van der Waals surface area contributed by atoms with Crippen molar-refractivity contribution in [2.24, 2.45) is 0 Å². The van der Waals surface area contributed by atoms with E-state index >= 15 is 0 Å². The van der Waals surface area contributed by atoms with Gasteiger partial charge in [0.25, 0.3) is 11.8 Å². The zero-order valence-electron chi connectivity index (χ0n) is 13.6. The Morgan fingerprint density at radius 1 is 1.00 bits per heavy atom. The minimum atomic E-state index is -0.606. The van der Waals surface area contributed by atoms with Crippen LogP contribution >= 0.6 is 0 Å². The molecule has 2 heterocycles. The molecule has 0 aromatic heterocycles. The van der Waals surface area contributed by atoms with Gasteiger partial charge in [-0.1, -0.05) is 24.3 Å². The Labute approximate surface area is 149 Å². The molecule has 128 valence electrons. The van der Waals surface area contributed by atoms with Crippen LogP contribution in [0.2, 0.25) is 0 Å². The molecule has 0 radical (unpaired) electrons. The molecule has 2 aromatic carbocycles. The van der Waals surface area contributed by atoms with Crippen molar-refractivity contribution < 1.29 is 19.1 Å². The van der Waals surface area contributed by atoms with Crippen molar-refractivity contribution in [1.82, 2.24) is 4.90 Å². The maximum atomic E-state index is 12.4. The van der Waals surface area contributed by atoms with Crippen molar-refractivity contribution in [3.8, 4) is 0 Å². The van der Waals surface area contributed by atoms with Gasteiger partial charge in [-0.05, 0) is 24.3 Å². The van der Waals surface area contributed by atoms with Gasteiger partial charge in [-0.15, -0.1) is 0 Å². The first-order chi connectivity index (χ1) is 12.6. The number of carbonyl (C=O) groups is 3. The number of rotatable bonds is 3. The van der Waals surface area contributed by atoms with Crippen LogP contribution in [0, 0.1) is 6.57 Å². The maximum Gasteiger partial charge on any atom is 0.414 e. The van der Waals surface area contributed by atoms with Gasteiger partial charge in [0.1, 0.15) is 6.10 Å². The number of benzene rings is 2. The van der Waals surface area contributed by atoms with Crippen LogP contribution in [0.25, 0.3) is 4.85 Å². The Hall–Kier alpha value is -3.66. The van der Waals surface area contributed by atoms with Gasteiger partial charge >= 0.3 is 6.09 Å². The third-order valence-corrected chi connectivity index (χ3v) is 4.43. The molecule has 0 bridgehead atoms. The first-order valence-electron chi connectivity index (χ1n) is 7.99. The molecule has 0 unspecified atom stereocenters. The predicted octanol–water partition coefficient (Wildman–Crippen LogP) is 2.86. The van der Waals surface area contributed by atoms with Crippen molar-refractivity contribution in [2.45, 2.75) is 6.10 Å². The van der Waals surface area contributed by atoms with Crippen LogP contribution in [0.3, 0.4) is 0 Å². The zero-order valence-corrected chi connectivity index (χ0v) is 13.6. The van der Waals surface area contributed by atoms with E-state index in [0.29, 0.717) is 22.5 Å². The summed E-state index contributed by atoms with van der Waals surface area (Å²) >= 11 is 0. The Kier molecular flexibility index (Phi) is 3.66. The van der Waals surface area contributed by atoms with Gasteiger partial charge in [-0.3, -0.25) is 19.4 Å². The minimum absolute atomic E-state index is 0.00865. The topological polar surface area (TPSA) is 71.3 Å². The van der Waals surface area contributed by atoms with E-state index in [2.05, 4.69) is 4.85 Å². The number of ether oxygens (including phenoxy) is 1. The highest BCUT2D eigenvalue weighted by Crippen LogP contribution is 2.27. The highest BCUT2D eigenvalue weighted by molar-refractivity contribution is 6.21. The van der Waals surface area contributed by atoms with Gasteiger partial charge in [0.2, 0.25) is 0 Å². The van der Waals surface area contributed by atoms with Gasteiger partial charge in [0.15, 0.2) is 5.69 Å². The average molecular weight is 347 g/mol. The lowest BCUT2D eigenvalue weighted by Crippen LogP contribution is -2.38. The van der Waals surface area contributed by atoms with Crippen molar-refractivity contribution in [1.29, 1.82) is 0 Å². The molecule has 2 aromatic rings. The van der Waals surface area contributed by atoms with Crippen LogP contribution in [0.4, 0.5) is 16.2 Å².